The molecule has 0 radical (unpaired) electrons. The highest BCUT2D eigenvalue weighted by Crippen LogP contribution is 2.32. The second-order valence-electron chi connectivity index (χ2n) is 8.68. The van der Waals surface area contributed by atoms with E-state index in [4.69, 9.17) is 11.5 Å². The largest absolute Gasteiger partial charge is 0.394 e. The van der Waals surface area contributed by atoms with Crippen LogP contribution in [0.1, 0.15) is 34.6 Å². The van der Waals surface area contributed by atoms with Crippen molar-refractivity contribution in [1.29, 1.82) is 0 Å². The van der Waals surface area contributed by atoms with Gasteiger partial charge in [-0.05, 0) is 35.2 Å². The van der Waals surface area contributed by atoms with Gasteiger partial charge in [0.05, 0.1) is 12.6 Å². The molecular weight excluding hydrogens is 468 g/mol. The molecule has 0 saturated carbocycles. The molecule has 0 aliphatic carbocycles. The molecule has 0 aliphatic rings. The fourth-order valence-corrected chi connectivity index (χ4v) is 4.74. The van der Waals surface area contributed by atoms with Crippen LogP contribution in [0.5, 0.6) is 0 Å². The van der Waals surface area contributed by atoms with E-state index in [0.717, 1.165) is 34.3 Å². The highest BCUT2D eigenvalue weighted by atomic mass is 16.3. The summed E-state index contributed by atoms with van der Waals surface area (Å²) in [4.78, 5) is 30.0. The number of primary amides is 1. The van der Waals surface area contributed by atoms with Gasteiger partial charge in [-0.15, -0.1) is 0 Å². The van der Waals surface area contributed by atoms with E-state index < -0.39 is 17.5 Å². The molecular formula is C28H26N6O3. The van der Waals surface area contributed by atoms with E-state index in [9.17, 15) is 14.7 Å². The number of nitrogens with two attached hydrogens (primary N) is 2. The summed E-state index contributed by atoms with van der Waals surface area (Å²) in [6.07, 6.45) is 3.78. The number of hydrogen-bond acceptors (Lipinski definition) is 6. The van der Waals surface area contributed by atoms with Crippen LogP contribution in [0.15, 0.2) is 84.0 Å². The summed E-state index contributed by atoms with van der Waals surface area (Å²) < 4.78 is 3.14. The third-order valence-electron chi connectivity index (χ3n) is 6.58. The number of aliphatic hydroxyl groups is 1. The van der Waals surface area contributed by atoms with Gasteiger partial charge >= 0.3 is 0 Å². The number of nitrogen functional groups attached to an aromatic ring is 1. The van der Waals surface area contributed by atoms with Gasteiger partial charge in [-0.25, -0.2) is 9.50 Å². The number of anilines is 1. The van der Waals surface area contributed by atoms with Crippen molar-refractivity contribution in [2.24, 2.45) is 5.73 Å². The zero-order valence-electron chi connectivity index (χ0n) is 20.2. The molecule has 0 unspecified atom stereocenters. The van der Waals surface area contributed by atoms with Crippen LogP contribution in [0.2, 0.25) is 0 Å². The molecule has 0 bridgehead atoms. The summed E-state index contributed by atoms with van der Waals surface area (Å²) in [5, 5.41) is 14.4. The van der Waals surface area contributed by atoms with Crippen molar-refractivity contribution in [1.82, 2.24) is 19.2 Å². The highest BCUT2D eigenvalue weighted by Gasteiger charge is 2.22. The summed E-state index contributed by atoms with van der Waals surface area (Å²) in [6, 6.07) is 19.6. The Morgan fingerprint density at radius 2 is 1.70 bits per heavy atom. The van der Waals surface area contributed by atoms with Gasteiger partial charge in [0, 0.05) is 23.0 Å². The van der Waals surface area contributed by atoms with Gasteiger partial charge < -0.3 is 21.1 Å². The van der Waals surface area contributed by atoms with Crippen molar-refractivity contribution >= 4 is 17.2 Å². The molecule has 0 aliphatic heterocycles. The lowest BCUT2D eigenvalue weighted by atomic mass is 9.97. The van der Waals surface area contributed by atoms with Crippen LogP contribution in [0.4, 0.5) is 5.82 Å². The Hall–Kier alpha value is -4.76. The van der Waals surface area contributed by atoms with Gasteiger partial charge in [-0.3, -0.25) is 9.59 Å². The minimum absolute atomic E-state index is 0.134. The Kier molecular flexibility index (Phi) is 6.29. The molecule has 3 heterocycles. The average Bonchev–Trinajstić information content (AvgIpc) is 3.30. The van der Waals surface area contributed by atoms with Crippen molar-refractivity contribution in [2.75, 3.05) is 12.3 Å². The van der Waals surface area contributed by atoms with Crippen LogP contribution in [0, 0.1) is 0 Å². The molecule has 2 aromatic carbocycles. The van der Waals surface area contributed by atoms with Crippen molar-refractivity contribution in [3.05, 3.63) is 106 Å². The Morgan fingerprint density at radius 1 is 1.03 bits per heavy atom. The zero-order chi connectivity index (χ0) is 26.1. The maximum absolute atomic E-state index is 13.4. The standard InChI is InChI=1S/C28H26N6O3/c1-2-20-14-22(25-26(29)31-16-32-34(20)25)18-10-8-17(9-11-18)21-12-13-33(28(37)24(21)27(30)36)23(15-35)19-6-4-3-5-7-19/h3-14,16,23,35H,2,15H2,1H3,(H2,30,36)(H2,29,31,32)/t23-/m0/s1. The van der Waals surface area contributed by atoms with Gasteiger partial charge in [-0.1, -0.05) is 61.5 Å². The normalized spacial score (nSPS) is 12.1. The molecule has 9 nitrogen and oxygen atoms in total. The van der Waals surface area contributed by atoms with E-state index in [0.29, 0.717) is 16.9 Å². The van der Waals surface area contributed by atoms with Gasteiger partial charge in [0.25, 0.3) is 11.5 Å². The van der Waals surface area contributed by atoms with Crippen LogP contribution in [0.3, 0.4) is 0 Å². The molecule has 1 amide bonds. The fraction of sp³-hybridized carbons (Fsp3) is 0.143. The predicted octanol–water partition coefficient (Wildman–Crippen LogP) is 3.05. The number of aliphatic hydroxyl groups excluding tert-OH is 1. The Morgan fingerprint density at radius 3 is 2.32 bits per heavy atom. The van der Waals surface area contributed by atoms with Crippen molar-refractivity contribution in [3.8, 4) is 22.3 Å². The maximum Gasteiger partial charge on any atom is 0.264 e. The first kappa shape index (κ1) is 24.0. The number of carbonyl (C=O) groups is 1. The van der Waals surface area contributed by atoms with Crippen molar-refractivity contribution < 1.29 is 9.90 Å². The predicted molar refractivity (Wildman–Crippen MR) is 142 cm³/mol. The van der Waals surface area contributed by atoms with Gasteiger partial charge in [-0.2, -0.15) is 5.10 Å². The van der Waals surface area contributed by atoms with E-state index in [1.807, 2.05) is 67.6 Å². The van der Waals surface area contributed by atoms with Gasteiger partial charge in [0.2, 0.25) is 0 Å². The Balaban J connectivity index is 1.59. The fourth-order valence-electron chi connectivity index (χ4n) is 4.74. The number of fused-ring (bicyclic) bond motifs is 1. The summed E-state index contributed by atoms with van der Waals surface area (Å²) in [5.41, 5.74) is 16.5. The average molecular weight is 495 g/mol. The first-order valence-electron chi connectivity index (χ1n) is 11.9. The Labute approximate surface area is 212 Å². The van der Waals surface area contributed by atoms with Crippen LogP contribution >= 0.6 is 0 Å². The molecule has 3 aromatic heterocycles. The summed E-state index contributed by atoms with van der Waals surface area (Å²) >= 11 is 0. The molecule has 5 N–H and O–H groups in total. The molecule has 5 aromatic rings. The van der Waals surface area contributed by atoms with Crippen LogP contribution in [-0.2, 0) is 6.42 Å². The molecule has 1 atom stereocenters. The molecule has 0 fully saturated rings. The minimum atomic E-state index is -0.834. The number of hydrogen-bond donors (Lipinski definition) is 3. The van der Waals surface area contributed by atoms with Crippen molar-refractivity contribution in [2.45, 2.75) is 19.4 Å². The molecule has 9 heteroatoms. The minimum Gasteiger partial charge on any atom is -0.394 e. The van der Waals surface area contributed by atoms with E-state index in [-0.39, 0.29) is 12.2 Å². The number of aromatic nitrogens is 4. The number of carbonyl (C=O) groups excluding carboxylic acids is 1. The number of amides is 1. The number of nitrogens with zero attached hydrogens (tertiary/aromatic N) is 4. The summed E-state index contributed by atoms with van der Waals surface area (Å²) in [6.45, 7) is 1.73. The first-order valence-corrected chi connectivity index (χ1v) is 11.9. The lowest BCUT2D eigenvalue weighted by molar-refractivity contribution is 0.0998. The van der Waals surface area contributed by atoms with Crippen LogP contribution in [-0.4, -0.2) is 36.8 Å². The maximum atomic E-state index is 13.4. The molecule has 5 rings (SSSR count). The molecule has 37 heavy (non-hydrogen) atoms. The monoisotopic (exact) mass is 494 g/mol. The summed E-state index contributed by atoms with van der Waals surface area (Å²) in [5.74, 6) is -0.454. The second-order valence-corrected chi connectivity index (χ2v) is 8.68. The van der Waals surface area contributed by atoms with E-state index in [2.05, 4.69) is 10.1 Å². The van der Waals surface area contributed by atoms with Crippen LogP contribution in [0.25, 0.3) is 27.8 Å². The lowest BCUT2D eigenvalue weighted by Gasteiger charge is -2.20. The number of benzene rings is 2. The summed E-state index contributed by atoms with van der Waals surface area (Å²) in [7, 11) is 0. The molecule has 186 valence electrons. The number of rotatable bonds is 7. The Bertz CT molecular complexity index is 1660. The quantitative estimate of drug-likeness (QED) is 0.318. The topological polar surface area (TPSA) is 142 Å². The second kappa shape index (κ2) is 9.71. The third kappa shape index (κ3) is 4.15. The van der Waals surface area contributed by atoms with Crippen molar-refractivity contribution in [3.63, 3.8) is 0 Å². The number of aryl methyl sites for hydroxylation is 1. The number of pyridine rings is 1. The zero-order valence-corrected chi connectivity index (χ0v) is 20.2. The van der Waals surface area contributed by atoms with E-state index in [1.165, 1.54) is 10.9 Å². The third-order valence-corrected chi connectivity index (χ3v) is 6.58. The van der Waals surface area contributed by atoms with E-state index in [1.54, 1.807) is 16.8 Å². The SMILES string of the molecule is CCc1cc(-c2ccc(-c3ccn([C@@H](CO)c4ccccc4)c(=O)c3C(N)=O)cc2)c2c(N)ncnn12. The first-order chi connectivity index (χ1) is 17.9. The molecule has 0 spiro atoms. The van der Waals surface area contributed by atoms with Crippen LogP contribution < -0.4 is 17.0 Å². The highest BCUT2D eigenvalue weighted by molar-refractivity contribution is 5.99. The van der Waals surface area contributed by atoms with E-state index >= 15 is 0 Å². The lowest BCUT2D eigenvalue weighted by Crippen LogP contribution is -2.34. The molecule has 0 saturated heterocycles. The van der Waals surface area contributed by atoms with Gasteiger partial charge in [0.1, 0.15) is 17.4 Å². The smallest absolute Gasteiger partial charge is 0.264 e. The van der Waals surface area contributed by atoms with Gasteiger partial charge in [0.15, 0.2) is 5.82 Å².